The van der Waals surface area contributed by atoms with Crippen LogP contribution < -0.4 is 10.6 Å². The Morgan fingerprint density at radius 3 is 2.88 bits per heavy atom. The Bertz CT molecular complexity index is 736. The number of nitrogens with one attached hydrogen (secondary N) is 2. The second-order valence-corrected chi connectivity index (χ2v) is 7.19. The van der Waals surface area contributed by atoms with Crippen LogP contribution >= 0.6 is 0 Å². The van der Waals surface area contributed by atoms with Gasteiger partial charge in [0.05, 0.1) is 11.1 Å². The van der Waals surface area contributed by atoms with Crippen LogP contribution in [0.3, 0.4) is 0 Å². The van der Waals surface area contributed by atoms with E-state index in [1.165, 1.54) is 6.33 Å². The maximum atomic E-state index is 12.8. The molecule has 6 nitrogen and oxygen atoms in total. The van der Waals surface area contributed by atoms with E-state index in [0.29, 0.717) is 6.54 Å². The Balaban J connectivity index is 1.46. The fourth-order valence-corrected chi connectivity index (χ4v) is 4.17. The molecule has 1 unspecified atom stereocenters. The van der Waals surface area contributed by atoms with Crippen molar-refractivity contribution in [2.45, 2.75) is 32.7 Å². The summed E-state index contributed by atoms with van der Waals surface area (Å²) < 4.78 is 1.73. The van der Waals surface area contributed by atoms with Crippen molar-refractivity contribution in [1.29, 1.82) is 0 Å². The summed E-state index contributed by atoms with van der Waals surface area (Å²) in [4.78, 5) is 16.8. The molecule has 2 aliphatic rings. The van der Waals surface area contributed by atoms with E-state index in [1.54, 1.807) is 11.0 Å². The second kappa shape index (κ2) is 5.70. The first kappa shape index (κ1) is 15.3. The summed E-state index contributed by atoms with van der Waals surface area (Å²) in [6.45, 7) is 4.69. The molecule has 2 aromatic rings. The first-order valence-corrected chi connectivity index (χ1v) is 8.57. The molecule has 2 heterocycles. The second-order valence-electron chi connectivity index (χ2n) is 7.19. The van der Waals surface area contributed by atoms with Crippen LogP contribution in [0.2, 0.25) is 0 Å². The monoisotopic (exact) mass is 325 g/mol. The summed E-state index contributed by atoms with van der Waals surface area (Å²) in [6.07, 6.45) is 6.41. The molecule has 1 aromatic heterocycles. The van der Waals surface area contributed by atoms with Gasteiger partial charge in [-0.25, -0.2) is 9.67 Å². The van der Waals surface area contributed by atoms with Crippen LogP contribution in [0.1, 0.15) is 31.7 Å². The average molecular weight is 325 g/mol. The Morgan fingerprint density at radius 1 is 1.33 bits per heavy atom. The number of piperidine rings is 1. The van der Waals surface area contributed by atoms with Crippen molar-refractivity contribution >= 4 is 5.91 Å². The summed E-state index contributed by atoms with van der Waals surface area (Å²) in [5.41, 5.74) is 2.00. The van der Waals surface area contributed by atoms with Gasteiger partial charge in [0, 0.05) is 6.54 Å². The number of nitrogens with zero attached hydrogens (tertiary/aromatic N) is 3. The zero-order chi connectivity index (χ0) is 16.6. The van der Waals surface area contributed by atoms with Crippen LogP contribution in [0.4, 0.5) is 0 Å². The third-order valence-corrected chi connectivity index (χ3v) is 5.90. The molecular weight excluding hydrogens is 302 g/mol. The number of hydrogen-bond donors (Lipinski definition) is 2. The first-order valence-electron chi connectivity index (χ1n) is 8.57. The predicted octanol–water partition coefficient (Wildman–Crippen LogP) is 1.66. The molecule has 1 spiro atoms. The van der Waals surface area contributed by atoms with E-state index >= 15 is 0 Å². The molecule has 126 valence electrons. The maximum Gasteiger partial charge on any atom is 0.226 e. The van der Waals surface area contributed by atoms with Crippen LogP contribution in [-0.2, 0) is 11.3 Å². The van der Waals surface area contributed by atoms with Crippen LogP contribution in [0.15, 0.2) is 36.9 Å². The maximum absolute atomic E-state index is 12.8. The zero-order valence-corrected chi connectivity index (χ0v) is 14.0. The number of carbonyl (C=O) groups is 1. The Hall–Kier alpha value is -2.21. The number of aromatic nitrogens is 3. The van der Waals surface area contributed by atoms with Crippen LogP contribution in [0.5, 0.6) is 0 Å². The number of amides is 1. The molecule has 1 saturated carbocycles. The van der Waals surface area contributed by atoms with Crippen molar-refractivity contribution in [3.63, 3.8) is 0 Å². The minimum atomic E-state index is -0.211. The minimum absolute atomic E-state index is 0.179. The van der Waals surface area contributed by atoms with E-state index in [0.717, 1.165) is 43.6 Å². The van der Waals surface area contributed by atoms with Crippen LogP contribution in [-0.4, -0.2) is 33.8 Å². The fraction of sp³-hybridized carbons (Fsp3) is 0.500. The van der Waals surface area contributed by atoms with Crippen LogP contribution in [0.25, 0.3) is 5.69 Å². The largest absolute Gasteiger partial charge is 0.351 e. The molecule has 4 rings (SSSR count). The van der Waals surface area contributed by atoms with E-state index in [1.807, 2.05) is 24.3 Å². The molecular formula is C18H23N5O. The molecule has 24 heavy (non-hydrogen) atoms. The molecule has 2 fully saturated rings. The third-order valence-electron chi connectivity index (χ3n) is 5.90. The summed E-state index contributed by atoms with van der Waals surface area (Å²) in [7, 11) is 0. The van der Waals surface area contributed by atoms with Gasteiger partial charge in [0.25, 0.3) is 0 Å². The van der Waals surface area contributed by atoms with Crippen molar-refractivity contribution in [2.24, 2.45) is 10.8 Å². The van der Waals surface area contributed by atoms with E-state index < -0.39 is 0 Å². The molecule has 1 aromatic carbocycles. The van der Waals surface area contributed by atoms with Gasteiger partial charge in [-0.2, -0.15) is 5.10 Å². The number of benzene rings is 1. The standard InChI is InChI=1S/C18H23N5O/c1-17(11-18(17)6-8-19-9-7-18)16(24)21-10-14-4-2-3-5-15(14)23-13-20-12-22-23/h2-5,12-13,19H,6-11H2,1H3,(H,21,24). The predicted molar refractivity (Wildman–Crippen MR) is 90.5 cm³/mol. The number of carbonyl (C=O) groups excluding carboxylic acids is 1. The lowest BCUT2D eigenvalue weighted by molar-refractivity contribution is -0.127. The van der Waals surface area contributed by atoms with Crippen molar-refractivity contribution in [1.82, 2.24) is 25.4 Å². The number of hydrogen-bond acceptors (Lipinski definition) is 4. The molecule has 1 saturated heterocycles. The number of rotatable bonds is 4. The Kier molecular flexibility index (Phi) is 3.64. The summed E-state index contributed by atoms with van der Waals surface area (Å²) in [6, 6.07) is 7.96. The third kappa shape index (κ3) is 2.41. The zero-order valence-electron chi connectivity index (χ0n) is 14.0. The summed E-state index contributed by atoms with van der Waals surface area (Å²) >= 11 is 0. The topological polar surface area (TPSA) is 71.8 Å². The molecule has 0 bridgehead atoms. The van der Waals surface area contributed by atoms with Gasteiger partial charge < -0.3 is 10.6 Å². The van der Waals surface area contributed by atoms with Crippen molar-refractivity contribution < 1.29 is 4.79 Å². The van der Waals surface area contributed by atoms with E-state index in [2.05, 4.69) is 27.6 Å². The van der Waals surface area contributed by atoms with Crippen molar-refractivity contribution in [2.75, 3.05) is 13.1 Å². The molecule has 1 aliphatic carbocycles. The van der Waals surface area contributed by atoms with Crippen molar-refractivity contribution in [3.8, 4) is 5.69 Å². The highest BCUT2D eigenvalue weighted by Crippen LogP contribution is 2.68. The lowest BCUT2D eigenvalue weighted by Crippen LogP contribution is -2.38. The van der Waals surface area contributed by atoms with Gasteiger partial charge in [-0.05, 0) is 49.4 Å². The van der Waals surface area contributed by atoms with Gasteiger partial charge in [-0.1, -0.05) is 25.1 Å². The van der Waals surface area contributed by atoms with Crippen molar-refractivity contribution in [3.05, 3.63) is 42.5 Å². The average Bonchev–Trinajstić information content (AvgIpc) is 2.99. The minimum Gasteiger partial charge on any atom is -0.351 e. The molecule has 1 aliphatic heterocycles. The molecule has 1 amide bonds. The highest BCUT2D eigenvalue weighted by atomic mass is 16.2. The van der Waals surface area contributed by atoms with Gasteiger partial charge in [0.1, 0.15) is 12.7 Å². The van der Waals surface area contributed by atoms with Gasteiger partial charge in [0.2, 0.25) is 5.91 Å². The number of para-hydroxylation sites is 1. The van der Waals surface area contributed by atoms with Gasteiger partial charge in [-0.15, -0.1) is 0 Å². The summed E-state index contributed by atoms with van der Waals surface area (Å²) in [5, 5.41) is 10.7. The van der Waals surface area contributed by atoms with E-state index in [4.69, 9.17) is 0 Å². The summed E-state index contributed by atoms with van der Waals surface area (Å²) in [5.74, 6) is 0.179. The Labute approximate surface area is 141 Å². The van der Waals surface area contributed by atoms with E-state index in [9.17, 15) is 4.79 Å². The Morgan fingerprint density at radius 2 is 2.12 bits per heavy atom. The molecule has 2 N–H and O–H groups in total. The van der Waals surface area contributed by atoms with E-state index in [-0.39, 0.29) is 16.7 Å². The quantitative estimate of drug-likeness (QED) is 0.897. The normalized spacial score (nSPS) is 24.7. The van der Waals surface area contributed by atoms with Gasteiger partial charge in [0.15, 0.2) is 0 Å². The lowest BCUT2D eigenvalue weighted by atomic mass is 9.85. The first-order chi connectivity index (χ1) is 11.6. The molecule has 0 radical (unpaired) electrons. The molecule has 1 atom stereocenters. The highest BCUT2D eigenvalue weighted by Gasteiger charge is 2.67. The highest BCUT2D eigenvalue weighted by molar-refractivity contribution is 5.86. The molecule has 6 heteroatoms. The van der Waals surface area contributed by atoms with Gasteiger partial charge in [-0.3, -0.25) is 4.79 Å². The fourth-order valence-electron chi connectivity index (χ4n) is 4.17. The SMILES string of the molecule is CC1(C(=O)NCc2ccccc2-n2cncn2)CC12CCNCC2. The van der Waals surface area contributed by atoms with Crippen LogP contribution in [0, 0.1) is 10.8 Å². The smallest absolute Gasteiger partial charge is 0.226 e. The van der Waals surface area contributed by atoms with Gasteiger partial charge >= 0.3 is 0 Å². The lowest BCUT2D eigenvalue weighted by Gasteiger charge is -2.27.